The normalized spacial score (nSPS) is 18.4. The Hall–Kier alpha value is -3.12. The van der Waals surface area contributed by atoms with Gasteiger partial charge < -0.3 is 19.1 Å². The van der Waals surface area contributed by atoms with Crippen LogP contribution in [-0.2, 0) is 14.3 Å². The SMILES string of the molecule is COc1ccc(C2=NC(=Cc3ccc(N4CCOCC4)cc3)C(=O)O2)cc1. The van der Waals surface area contributed by atoms with Crippen molar-refractivity contribution in [3.8, 4) is 5.75 Å². The monoisotopic (exact) mass is 364 g/mol. The predicted octanol–water partition coefficient (Wildman–Crippen LogP) is 2.88. The molecule has 2 aliphatic rings. The first-order chi connectivity index (χ1) is 13.2. The Balaban J connectivity index is 1.52. The number of nitrogens with zero attached hydrogens (tertiary/aromatic N) is 2. The number of ether oxygens (including phenoxy) is 3. The molecule has 0 bridgehead atoms. The number of rotatable bonds is 4. The third kappa shape index (κ3) is 3.85. The van der Waals surface area contributed by atoms with E-state index in [0.717, 1.165) is 48.9 Å². The Morgan fingerprint density at radius 2 is 1.74 bits per heavy atom. The Morgan fingerprint density at radius 3 is 2.41 bits per heavy atom. The topological polar surface area (TPSA) is 60.4 Å². The summed E-state index contributed by atoms with van der Waals surface area (Å²) in [5.41, 5.74) is 3.07. The molecule has 0 aromatic heterocycles. The van der Waals surface area contributed by atoms with E-state index in [1.54, 1.807) is 25.3 Å². The van der Waals surface area contributed by atoms with Crippen molar-refractivity contribution < 1.29 is 19.0 Å². The summed E-state index contributed by atoms with van der Waals surface area (Å²) in [5, 5.41) is 0. The Kier molecular flexibility index (Phi) is 4.89. The molecule has 138 valence electrons. The van der Waals surface area contributed by atoms with Crippen LogP contribution in [0.15, 0.2) is 59.2 Å². The lowest BCUT2D eigenvalue weighted by molar-refractivity contribution is -0.129. The molecule has 0 radical (unpaired) electrons. The van der Waals surface area contributed by atoms with Crippen molar-refractivity contribution in [3.05, 3.63) is 65.4 Å². The molecule has 0 amide bonds. The zero-order valence-electron chi connectivity index (χ0n) is 15.1. The van der Waals surface area contributed by atoms with Crippen LogP contribution in [0, 0.1) is 0 Å². The summed E-state index contributed by atoms with van der Waals surface area (Å²) in [6, 6.07) is 15.3. The fourth-order valence-electron chi connectivity index (χ4n) is 3.03. The summed E-state index contributed by atoms with van der Waals surface area (Å²) < 4.78 is 15.8. The van der Waals surface area contributed by atoms with Gasteiger partial charge in [-0.1, -0.05) is 12.1 Å². The van der Waals surface area contributed by atoms with E-state index >= 15 is 0 Å². The lowest BCUT2D eigenvalue weighted by Gasteiger charge is -2.28. The van der Waals surface area contributed by atoms with Gasteiger partial charge in [0.2, 0.25) is 5.90 Å². The molecule has 4 rings (SSSR count). The molecule has 27 heavy (non-hydrogen) atoms. The van der Waals surface area contributed by atoms with Crippen molar-refractivity contribution in [1.29, 1.82) is 0 Å². The van der Waals surface area contributed by atoms with E-state index in [2.05, 4.69) is 9.89 Å². The maximum absolute atomic E-state index is 12.1. The zero-order chi connectivity index (χ0) is 18.6. The first kappa shape index (κ1) is 17.3. The van der Waals surface area contributed by atoms with Gasteiger partial charge in [-0.25, -0.2) is 9.79 Å². The molecule has 0 atom stereocenters. The first-order valence-corrected chi connectivity index (χ1v) is 8.83. The molecular formula is C21H20N2O4. The van der Waals surface area contributed by atoms with Crippen molar-refractivity contribution in [1.82, 2.24) is 0 Å². The average molecular weight is 364 g/mol. The van der Waals surface area contributed by atoms with Crippen molar-refractivity contribution in [3.63, 3.8) is 0 Å². The molecule has 2 heterocycles. The molecule has 2 aliphatic heterocycles. The van der Waals surface area contributed by atoms with Crippen molar-refractivity contribution in [2.45, 2.75) is 0 Å². The van der Waals surface area contributed by atoms with Crippen molar-refractivity contribution >= 4 is 23.6 Å². The summed E-state index contributed by atoms with van der Waals surface area (Å²) in [5.74, 6) is 0.594. The molecular weight excluding hydrogens is 344 g/mol. The summed E-state index contributed by atoms with van der Waals surface area (Å²) in [6.45, 7) is 3.28. The second kappa shape index (κ2) is 7.63. The molecule has 0 saturated carbocycles. The number of morpholine rings is 1. The number of benzene rings is 2. The van der Waals surface area contributed by atoms with E-state index in [9.17, 15) is 4.79 Å². The molecule has 0 aliphatic carbocycles. The minimum absolute atomic E-state index is 0.292. The van der Waals surface area contributed by atoms with E-state index in [4.69, 9.17) is 14.2 Å². The highest BCUT2D eigenvalue weighted by molar-refractivity contribution is 6.12. The third-order valence-electron chi connectivity index (χ3n) is 4.53. The summed E-state index contributed by atoms with van der Waals surface area (Å²) in [7, 11) is 1.60. The number of hydrogen-bond donors (Lipinski definition) is 0. The second-order valence-electron chi connectivity index (χ2n) is 6.26. The van der Waals surface area contributed by atoms with E-state index in [-0.39, 0.29) is 0 Å². The second-order valence-corrected chi connectivity index (χ2v) is 6.26. The molecule has 0 spiro atoms. The zero-order valence-corrected chi connectivity index (χ0v) is 15.1. The number of carbonyl (C=O) groups excluding carboxylic acids is 1. The number of aliphatic imine (C=N–C) groups is 1. The Bertz CT molecular complexity index is 879. The molecule has 0 N–H and O–H groups in total. The fourth-order valence-corrected chi connectivity index (χ4v) is 3.03. The third-order valence-corrected chi connectivity index (χ3v) is 4.53. The van der Waals surface area contributed by atoms with E-state index in [1.165, 1.54) is 0 Å². The largest absolute Gasteiger partial charge is 0.497 e. The van der Waals surface area contributed by atoms with Crippen LogP contribution >= 0.6 is 0 Å². The fraction of sp³-hybridized carbons (Fsp3) is 0.238. The summed E-state index contributed by atoms with van der Waals surface area (Å²) in [4.78, 5) is 18.8. The van der Waals surface area contributed by atoms with Crippen LogP contribution in [0.2, 0.25) is 0 Å². The van der Waals surface area contributed by atoms with Gasteiger partial charge in [0.05, 0.1) is 20.3 Å². The number of hydrogen-bond acceptors (Lipinski definition) is 6. The molecule has 1 saturated heterocycles. The van der Waals surface area contributed by atoms with Crippen LogP contribution in [0.5, 0.6) is 5.75 Å². The van der Waals surface area contributed by atoms with Gasteiger partial charge in [0, 0.05) is 24.3 Å². The standard InChI is InChI=1S/C21H20N2O4/c1-25-18-8-4-16(5-9-18)20-22-19(21(24)27-20)14-15-2-6-17(7-3-15)23-10-12-26-13-11-23/h2-9,14H,10-13H2,1H3. The predicted molar refractivity (Wildman–Crippen MR) is 103 cm³/mol. The lowest BCUT2D eigenvalue weighted by Crippen LogP contribution is -2.36. The maximum atomic E-state index is 12.1. The minimum atomic E-state index is -0.446. The van der Waals surface area contributed by atoms with Crippen molar-refractivity contribution in [2.75, 3.05) is 38.3 Å². The first-order valence-electron chi connectivity index (χ1n) is 8.83. The van der Waals surface area contributed by atoms with Crippen LogP contribution in [0.25, 0.3) is 6.08 Å². The van der Waals surface area contributed by atoms with Gasteiger partial charge >= 0.3 is 5.97 Å². The summed E-state index contributed by atoms with van der Waals surface area (Å²) >= 11 is 0. The van der Waals surface area contributed by atoms with Crippen LogP contribution < -0.4 is 9.64 Å². The van der Waals surface area contributed by atoms with Crippen LogP contribution in [0.1, 0.15) is 11.1 Å². The van der Waals surface area contributed by atoms with Gasteiger partial charge in [0.15, 0.2) is 5.70 Å². The highest BCUT2D eigenvalue weighted by Gasteiger charge is 2.24. The van der Waals surface area contributed by atoms with Gasteiger partial charge in [-0.15, -0.1) is 0 Å². The average Bonchev–Trinajstić information content (AvgIpc) is 3.09. The number of carbonyl (C=O) groups is 1. The molecule has 0 unspecified atom stereocenters. The van der Waals surface area contributed by atoms with Gasteiger partial charge in [0.1, 0.15) is 5.75 Å². The van der Waals surface area contributed by atoms with Crippen molar-refractivity contribution in [2.24, 2.45) is 4.99 Å². The Labute approximate surface area is 157 Å². The van der Waals surface area contributed by atoms with Gasteiger partial charge in [0.25, 0.3) is 0 Å². The van der Waals surface area contributed by atoms with Crippen LogP contribution in [0.3, 0.4) is 0 Å². The quantitative estimate of drug-likeness (QED) is 0.617. The van der Waals surface area contributed by atoms with E-state index < -0.39 is 5.97 Å². The van der Waals surface area contributed by atoms with Gasteiger partial charge in [-0.2, -0.15) is 0 Å². The summed E-state index contributed by atoms with van der Waals surface area (Å²) in [6.07, 6.45) is 1.74. The minimum Gasteiger partial charge on any atom is -0.497 e. The van der Waals surface area contributed by atoms with Gasteiger partial charge in [-0.3, -0.25) is 0 Å². The highest BCUT2D eigenvalue weighted by Crippen LogP contribution is 2.22. The Morgan fingerprint density at radius 1 is 1.04 bits per heavy atom. The lowest BCUT2D eigenvalue weighted by atomic mass is 10.1. The molecule has 6 nitrogen and oxygen atoms in total. The smallest absolute Gasteiger partial charge is 0.363 e. The number of anilines is 1. The van der Waals surface area contributed by atoms with Crippen LogP contribution in [0.4, 0.5) is 5.69 Å². The van der Waals surface area contributed by atoms with E-state index in [1.807, 2.05) is 36.4 Å². The van der Waals surface area contributed by atoms with Crippen LogP contribution in [-0.4, -0.2) is 45.3 Å². The van der Waals surface area contributed by atoms with E-state index in [0.29, 0.717) is 11.6 Å². The number of methoxy groups -OCH3 is 1. The number of esters is 1. The molecule has 1 fully saturated rings. The molecule has 6 heteroatoms. The molecule has 2 aromatic rings. The van der Waals surface area contributed by atoms with Gasteiger partial charge in [-0.05, 0) is 48.0 Å². The highest BCUT2D eigenvalue weighted by atomic mass is 16.6. The number of cyclic esters (lactones) is 1. The molecule has 2 aromatic carbocycles. The maximum Gasteiger partial charge on any atom is 0.363 e.